The highest BCUT2D eigenvalue weighted by Crippen LogP contribution is 2.23. The Morgan fingerprint density at radius 2 is 1.65 bits per heavy atom. The number of carbonyl (C=O) groups excluding carboxylic acids is 1. The molecule has 0 unspecified atom stereocenters. The van der Waals surface area contributed by atoms with Crippen molar-refractivity contribution in [2.24, 2.45) is 0 Å². The molecule has 0 aliphatic heterocycles. The zero-order valence-corrected chi connectivity index (χ0v) is 14.7. The van der Waals surface area contributed by atoms with Gasteiger partial charge in [0.05, 0.1) is 38.4 Å². The third-order valence-corrected chi connectivity index (χ3v) is 3.96. The molecule has 0 fully saturated rings. The summed E-state index contributed by atoms with van der Waals surface area (Å²) in [5, 5.41) is 2.90. The van der Waals surface area contributed by atoms with Gasteiger partial charge in [-0.25, -0.2) is 0 Å². The Bertz CT molecular complexity index is 761. The summed E-state index contributed by atoms with van der Waals surface area (Å²) in [5.74, 6) is 2.27. The lowest BCUT2D eigenvalue weighted by Gasteiger charge is -2.20. The maximum atomic E-state index is 12.3. The molecule has 3 aromatic rings. The van der Waals surface area contributed by atoms with E-state index in [0.717, 1.165) is 11.5 Å². The molecule has 3 rings (SSSR count). The molecule has 1 amide bonds. The maximum absolute atomic E-state index is 12.3. The van der Waals surface area contributed by atoms with E-state index in [1.807, 2.05) is 48.5 Å². The molecule has 2 heterocycles. The minimum Gasteiger partial charge on any atom is -0.495 e. The van der Waals surface area contributed by atoms with Crippen LogP contribution in [0, 0.1) is 0 Å². The third-order valence-electron chi connectivity index (χ3n) is 3.96. The fourth-order valence-electron chi connectivity index (χ4n) is 2.68. The van der Waals surface area contributed by atoms with Gasteiger partial charge in [0.2, 0.25) is 5.91 Å². The molecule has 0 aliphatic rings. The minimum atomic E-state index is -0.0709. The second-order valence-corrected chi connectivity index (χ2v) is 5.87. The molecule has 0 atom stereocenters. The second-order valence-electron chi connectivity index (χ2n) is 5.87. The highest BCUT2D eigenvalue weighted by atomic mass is 16.5. The van der Waals surface area contributed by atoms with E-state index in [0.29, 0.717) is 37.5 Å². The molecule has 1 N–H and O–H groups in total. The Balaban J connectivity index is 1.58. The summed E-state index contributed by atoms with van der Waals surface area (Å²) in [4.78, 5) is 14.5. The van der Waals surface area contributed by atoms with Crippen LogP contribution in [0.15, 0.2) is 69.9 Å². The first-order valence-electron chi connectivity index (χ1n) is 8.44. The van der Waals surface area contributed by atoms with Crippen molar-refractivity contribution < 1.29 is 18.4 Å². The summed E-state index contributed by atoms with van der Waals surface area (Å²) in [7, 11) is 1.58. The summed E-state index contributed by atoms with van der Waals surface area (Å²) < 4.78 is 16.1. The number of ether oxygens (including phenoxy) is 1. The first-order chi connectivity index (χ1) is 12.7. The van der Waals surface area contributed by atoms with Crippen LogP contribution in [0.5, 0.6) is 5.75 Å². The molecule has 0 saturated heterocycles. The number of anilines is 1. The predicted molar refractivity (Wildman–Crippen MR) is 97.8 cm³/mol. The number of hydrogen-bond acceptors (Lipinski definition) is 5. The Labute approximate surface area is 152 Å². The van der Waals surface area contributed by atoms with Crippen molar-refractivity contribution in [3.05, 3.63) is 72.6 Å². The molecular weight excluding hydrogens is 332 g/mol. The van der Waals surface area contributed by atoms with Gasteiger partial charge in [-0.1, -0.05) is 12.1 Å². The van der Waals surface area contributed by atoms with Crippen LogP contribution in [0.25, 0.3) is 0 Å². The Morgan fingerprint density at radius 3 is 2.23 bits per heavy atom. The highest BCUT2D eigenvalue weighted by Gasteiger charge is 2.13. The van der Waals surface area contributed by atoms with Gasteiger partial charge in [0.25, 0.3) is 0 Å². The molecule has 0 radical (unpaired) electrons. The largest absolute Gasteiger partial charge is 0.495 e. The number of furan rings is 2. The number of benzene rings is 1. The molecule has 26 heavy (non-hydrogen) atoms. The second kappa shape index (κ2) is 8.92. The molecule has 6 heteroatoms. The van der Waals surface area contributed by atoms with Crippen LogP contribution >= 0.6 is 0 Å². The fraction of sp³-hybridized carbons (Fsp3) is 0.250. The Kier molecular flexibility index (Phi) is 6.11. The van der Waals surface area contributed by atoms with Gasteiger partial charge in [-0.05, 0) is 36.4 Å². The van der Waals surface area contributed by atoms with Crippen molar-refractivity contribution in [1.82, 2.24) is 4.90 Å². The van der Waals surface area contributed by atoms with E-state index in [1.165, 1.54) is 0 Å². The normalized spacial score (nSPS) is 10.8. The van der Waals surface area contributed by atoms with Gasteiger partial charge in [0.15, 0.2) is 0 Å². The average Bonchev–Trinajstić information content (AvgIpc) is 3.34. The molecule has 0 bridgehead atoms. The molecule has 0 spiro atoms. The van der Waals surface area contributed by atoms with Crippen LogP contribution in [0.3, 0.4) is 0 Å². The summed E-state index contributed by atoms with van der Waals surface area (Å²) >= 11 is 0. The van der Waals surface area contributed by atoms with E-state index in [4.69, 9.17) is 13.6 Å². The van der Waals surface area contributed by atoms with Gasteiger partial charge in [-0.3, -0.25) is 9.69 Å². The van der Waals surface area contributed by atoms with Gasteiger partial charge >= 0.3 is 0 Å². The molecule has 1 aromatic carbocycles. The van der Waals surface area contributed by atoms with Crippen molar-refractivity contribution in [3.8, 4) is 5.75 Å². The first kappa shape index (κ1) is 17.8. The number of para-hydroxylation sites is 2. The van der Waals surface area contributed by atoms with Crippen LogP contribution in [0.2, 0.25) is 0 Å². The molecule has 0 saturated carbocycles. The van der Waals surface area contributed by atoms with Gasteiger partial charge in [-0.15, -0.1) is 0 Å². The van der Waals surface area contributed by atoms with Gasteiger partial charge in [0.1, 0.15) is 17.3 Å². The van der Waals surface area contributed by atoms with Crippen LogP contribution in [-0.4, -0.2) is 24.5 Å². The van der Waals surface area contributed by atoms with Gasteiger partial charge < -0.3 is 18.9 Å². The number of hydrogen-bond donors (Lipinski definition) is 1. The molecule has 2 aromatic heterocycles. The monoisotopic (exact) mass is 354 g/mol. The predicted octanol–water partition coefficient (Wildman–Crippen LogP) is 3.91. The number of methoxy groups -OCH3 is 1. The summed E-state index contributed by atoms with van der Waals surface area (Å²) in [6.45, 7) is 1.79. The van der Waals surface area contributed by atoms with E-state index in [9.17, 15) is 4.79 Å². The lowest BCUT2D eigenvalue weighted by atomic mass is 10.2. The van der Waals surface area contributed by atoms with Crippen molar-refractivity contribution in [3.63, 3.8) is 0 Å². The van der Waals surface area contributed by atoms with E-state index in [2.05, 4.69) is 10.2 Å². The van der Waals surface area contributed by atoms with Crippen molar-refractivity contribution in [2.75, 3.05) is 19.0 Å². The fourth-order valence-corrected chi connectivity index (χ4v) is 2.68. The molecular formula is C20H22N2O4. The van der Waals surface area contributed by atoms with Crippen LogP contribution in [0.1, 0.15) is 17.9 Å². The standard InChI is InChI=1S/C20H22N2O4/c1-24-19-9-3-2-8-18(19)21-20(23)10-11-22(14-16-6-4-12-25-16)15-17-7-5-13-26-17/h2-9,12-13H,10-11,14-15H2,1H3,(H,21,23). The molecule has 6 nitrogen and oxygen atoms in total. The lowest BCUT2D eigenvalue weighted by Crippen LogP contribution is -2.27. The van der Waals surface area contributed by atoms with Gasteiger partial charge in [-0.2, -0.15) is 0 Å². The topological polar surface area (TPSA) is 67.8 Å². The minimum absolute atomic E-state index is 0.0709. The van der Waals surface area contributed by atoms with Crippen molar-refractivity contribution >= 4 is 11.6 Å². The maximum Gasteiger partial charge on any atom is 0.225 e. The quantitative estimate of drug-likeness (QED) is 0.631. The average molecular weight is 354 g/mol. The number of carbonyl (C=O) groups is 1. The van der Waals surface area contributed by atoms with E-state index < -0.39 is 0 Å². The number of nitrogens with zero attached hydrogens (tertiary/aromatic N) is 1. The summed E-state index contributed by atoms with van der Waals surface area (Å²) in [6, 6.07) is 14.9. The summed E-state index contributed by atoms with van der Waals surface area (Å²) in [5.41, 5.74) is 0.670. The summed E-state index contributed by atoms with van der Waals surface area (Å²) in [6.07, 6.45) is 3.64. The molecule has 136 valence electrons. The first-order valence-corrected chi connectivity index (χ1v) is 8.44. The zero-order valence-electron chi connectivity index (χ0n) is 14.7. The Morgan fingerprint density at radius 1 is 1.00 bits per heavy atom. The van der Waals surface area contributed by atoms with Gasteiger partial charge in [0, 0.05) is 13.0 Å². The number of rotatable bonds is 9. The Hall–Kier alpha value is -2.99. The van der Waals surface area contributed by atoms with Crippen LogP contribution in [-0.2, 0) is 17.9 Å². The zero-order chi connectivity index (χ0) is 18.2. The lowest BCUT2D eigenvalue weighted by molar-refractivity contribution is -0.116. The van der Waals surface area contributed by atoms with Crippen LogP contribution in [0.4, 0.5) is 5.69 Å². The highest BCUT2D eigenvalue weighted by molar-refractivity contribution is 5.92. The third kappa shape index (κ3) is 5.00. The van der Waals surface area contributed by atoms with E-state index >= 15 is 0 Å². The number of amides is 1. The molecule has 0 aliphatic carbocycles. The van der Waals surface area contributed by atoms with Crippen LogP contribution < -0.4 is 10.1 Å². The smallest absolute Gasteiger partial charge is 0.225 e. The SMILES string of the molecule is COc1ccccc1NC(=O)CCN(Cc1ccco1)Cc1ccco1. The number of nitrogens with one attached hydrogen (secondary N) is 1. The van der Waals surface area contributed by atoms with E-state index in [1.54, 1.807) is 19.6 Å². The van der Waals surface area contributed by atoms with Crippen molar-refractivity contribution in [1.29, 1.82) is 0 Å². The van der Waals surface area contributed by atoms with Crippen molar-refractivity contribution in [2.45, 2.75) is 19.5 Å². The van der Waals surface area contributed by atoms with E-state index in [-0.39, 0.29) is 5.91 Å².